The fraction of sp³-hybridized carbons (Fsp3) is 0.452. The van der Waals surface area contributed by atoms with Gasteiger partial charge in [0.2, 0.25) is 12.2 Å². The van der Waals surface area contributed by atoms with Crippen LogP contribution in [0.1, 0.15) is 25.8 Å². The van der Waals surface area contributed by atoms with E-state index in [0.717, 1.165) is 0 Å². The van der Waals surface area contributed by atoms with Gasteiger partial charge in [0.1, 0.15) is 55.8 Å². The summed E-state index contributed by atoms with van der Waals surface area (Å²) in [6.07, 6.45) is -5.24. The zero-order valence-electron chi connectivity index (χ0n) is 24.3. The zero-order valence-corrected chi connectivity index (χ0v) is 25.8. The van der Waals surface area contributed by atoms with Crippen LogP contribution in [0.15, 0.2) is 53.6 Å². The molecule has 1 aliphatic carbocycles. The van der Waals surface area contributed by atoms with Crippen LogP contribution in [0.2, 0.25) is 10.0 Å². The van der Waals surface area contributed by atoms with Crippen molar-refractivity contribution in [3.05, 3.63) is 75.0 Å². The Bertz CT molecular complexity index is 1460. The van der Waals surface area contributed by atoms with E-state index in [-0.39, 0.29) is 31.1 Å². The van der Waals surface area contributed by atoms with Crippen molar-refractivity contribution in [2.75, 3.05) is 13.4 Å². The SMILES string of the molecule is C/C(=C/COc1ccc(Cl)cc1Cl)C1OC(Oc2ccc(/C=C(\C)C(=O)NC3C(O)C(O)C4OCOC4C3O)cc2F)CC1O. The van der Waals surface area contributed by atoms with E-state index in [1.807, 2.05) is 0 Å². The smallest absolute Gasteiger partial charge is 0.247 e. The lowest BCUT2D eigenvalue weighted by atomic mass is 9.83. The number of hydrogen-bond donors (Lipinski definition) is 5. The molecule has 14 heteroatoms. The first-order valence-corrected chi connectivity index (χ1v) is 15.0. The average molecular weight is 671 g/mol. The predicted octanol–water partition coefficient (Wildman–Crippen LogP) is 2.74. The minimum Gasteiger partial charge on any atom is -0.488 e. The van der Waals surface area contributed by atoms with E-state index >= 15 is 0 Å². The van der Waals surface area contributed by atoms with Crippen LogP contribution in [0.4, 0.5) is 4.39 Å². The second-order valence-corrected chi connectivity index (χ2v) is 12.0. The lowest BCUT2D eigenvalue weighted by Gasteiger charge is -2.41. The van der Waals surface area contributed by atoms with Crippen LogP contribution in [-0.4, -0.2) is 94.8 Å². The third-order valence-electron chi connectivity index (χ3n) is 7.93. The van der Waals surface area contributed by atoms with Gasteiger partial charge in [-0.05, 0) is 67.5 Å². The Labute approximate surface area is 268 Å². The number of halogens is 3. The molecule has 2 saturated heterocycles. The number of carbonyl (C=O) groups is 1. The molecule has 0 spiro atoms. The van der Waals surface area contributed by atoms with E-state index in [1.165, 1.54) is 31.2 Å². The summed E-state index contributed by atoms with van der Waals surface area (Å²) in [6.45, 7) is 3.27. The van der Waals surface area contributed by atoms with Gasteiger partial charge in [-0.3, -0.25) is 4.79 Å². The molecule has 0 radical (unpaired) electrons. The maximum atomic E-state index is 15.0. The highest BCUT2D eigenvalue weighted by Crippen LogP contribution is 2.32. The number of nitrogens with one attached hydrogen (secondary N) is 1. The van der Waals surface area contributed by atoms with Crippen molar-refractivity contribution in [3.8, 4) is 11.5 Å². The molecule has 3 aliphatic rings. The molecule has 5 rings (SSSR count). The van der Waals surface area contributed by atoms with Crippen molar-refractivity contribution in [1.29, 1.82) is 0 Å². The number of rotatable bonds is 9. The summed E-state index contributed by atoms with van der Waals surface area (Å²) in [5.41, 5.74) is 1.19. The van der Waals surface area contributed by atoms with Gasteiger partial charge >= 0.3 is 0 Å². The molecular formula is C31H34Cl2FNO10. The number of aliphatic hydroxyl groups is 4. The van der Waals surface area contributed by atoms with Gasteiger partial charge in [0.15, 0.2) is 11.6 Å². The summed E-state index contributed by atoms with van der Waals surface area (Å²) in [6, 6.07) is 7.74. The molecule has 2 heterocycles. The standard InChI is InChI=1S/C31H34Cl2FNO10/c1-14(7-8-41-21-6-4-17(32)11-18(21)33)28-20(36)12-23(45-28)44-22-5-3-16(10-19(22)34)9-15(2)31(40)35-24-25(37)27(39)30-29(26(24)38)42-13-43-30/h3-7,9-11,20,23-30,36-39H,8,12-13H2,1-2H3,(H,35,40)/b14-7-,15-9+. The monoisotopic (exact) mass is 669 g/mol. The lowest BCUT2D eigenvalue weighted by Crippen LogP contribution is -2.67. The van der Waals surface area contributed by atoms with Gasteiger partial charge in [-0.2, -0.15) is 0 Å². The van der Waals surface area contributed by atoms with Gasteiger partial charge in [-0.15, -0.1) is 0 Å². The molecule has 9 atom stereocenters. The minimum atomic E-state index is -1.49. The summed E-state index contributed by atoms with van der Waals surface area (Å²) in [4.78, 5) is 12.8. The maximum absolute atomic E-state index is 15.0. The fourth-order valence-electron chi connectivity index (χ4n) is 5.47. The van der Waals surface area contributed by atoms with E-state index in [0.29, 0.717) is 26.9 Å². The summed E-state index contributed by atoms with van der Waals surface area (Å²) in [5, 5.41) is 45.2. The Hall–Kier alpha value is -2.78. The van der Waals surface area contributed by atoms with Crippen molar-refractivity contribution < 1.29 is 53.3 Å². The number of benzene rings is 2. The average Bonchev–Trinajstić information content (AvgIpc) is 3.63. The van der Waals surface area contributed by atoms with E-state index in [1.54, 1.807) is 31.2 Å². The van der Waals surface area contributed by atoms with Gasteiger partial charge in [0.05, 0.1) is 17.2 Å². The van der Waals surface area contributed by atoms with Gasteiger partial charge in [0.25, 0.3) is 0 Å². The molecule has 3 fully saturated rings. The third-order valence-corrected chi connectivity index (χ3v) is 8.46. The van der Waals surface area contributed by atoms with Crippen LogP contribution in [0, 0.1) is 5.82 Å². The highest BCUT2D eigenvalue weighted by molar-refractivity contribution is 6.35. The normalized spacial score (nSPS) is 31.9. The molecule has 45 heavy (non-hydrogen) atoms. The minimum absolute atomic E-state index is 0.104. The lowest BCUT2D eigenvalue weighted by molar-refractivity contribution is -0.155. The number of ether oxygens (including phenoxy) is 5. The second-order valence-electron chi connectivity index (χ2n) is 11.1. The largest absolute Gasteiger partial charge is 0.488 e. The van der Waals surface area contributed by atoms with E-state index < -0.39 is 66.8 Å². The summed E-state index contributed by atoms with van der Waals surface area (Å²) in [7, 11) is 0. The molecule has 0 aromatic heterocycles. The third kappa shape index (κ3) is 7.62. The Balaban J connectivity index is 1.15. The molecule has 0 bridgehead atoms. The molecule has 2 aromatic carbocycles. The summed E-state index contributed by atoms with van der Waals surface area (Å²) < 4.78 is 42.7. The summed E-state index contributed by atoms with van der Waals surface area (Å²) in [5.74, 6) is -1.01. The molecular weight excluding hydrogens is 636 g/mol. The zero-order chi connectivity index (χ0) is 32.4. The first-order chi connectivity index (χ1) is 21.4. The van der Waals surface area contributed by atoms with Crippen molar-refractivity contribution >= 4 is 35.2 Å². The van der Waals surface area contributed by atoms with Crippen molar-refractivity contribution in [3.63, 3.8) is 0 Å². The number of hydrogen-bond acceptors (Lipinski definition) is 10. The van der Waals surface area contributed by atoms with Gasteiger partial charge < -0.3 is 49.4 Å². The van der Waals surface area contributed by atoms with E-state index in [9.17, 15) is 29.6 Å². The highest BCUT2D eigenvalue weighted by Gasteiger charge is 2.53. The van der Waals surface area contributed by atoms with E-state index in [2.05, 4.69) is 5.32 Å². The Morgan fingerprint density at radius 3 is 2.44 bits per heavy atom. The Morgan fingerprint density at radius 1 is 1.02 bits per heavy atom. The van der Waals surface area contributed by atoms with Gasteiger partial charge in [0, 0.05) is 17.0 Å². The topological polar surface area (TPSA) is 156 Å². The van der Waals surface area contributed by atoms with Crippen molar-refractivity contribution in [2.24, 2.45) is 0 Å². The van der Waals surface area contributed by atoms with Crippen molar-refractivity contribution in [1.82, 2.24) is 5.32 Å². The summed E-state index contributed by atoms with van der Waals surface area (Å²) >= 11 is 12.0. The molecule has 2 aromatic rings. The molecule has 5 N–H and O–H groups in total. The molecule has 1 saturated carbocycles. The van der Waals surface area contributed by atoms with Crippen LogP contribution in [0.3, 0.4) is 0 Å². The Kier molecular flexibility index (Phi) is 10.7. The van der Waals surface area contributed by atoms with Crippen LogP contribution in [-0.2, 0) is 19.0 Å². The van der Waals surface area contributed by atoms with Gasteiger partial charge in [-0.25, -0.2) is 4.39 Å². The quantitative estimate of drug-likeness (QED) is 0.199. The first-order valence-electron chi connectivity index (χ1n) is 14.2. The molecule has 11 nitrogen and oxygen atoms in total. The van der Waals surface area contributed by atoms with E-state index in [4.69, 9.17) is 46.9 Å². The van der Waals surface area contributed by atoms with Crippen molar-refractivity contribution in [2.45, 2.75) is 75.3 Å². The predicted molar refractivity (Wildman–Crippen MR) is 160 cm³/mol. The number of aliphatic hydroxyl groups excluding tert-OH is 4. The molecule has 1 amide bonds. The highest BCUT2D eigenvalue weighted by atomic mass is 35.5. The molecule has 9 unspecified atom stereocenters. The maximum Gasteiger partial charge on any atom is 0.247 e. The van der Waals surface area contributed by atoms with Crippen LogP contribution < -0.4 is 14.8 Å². The number of fused-ring (bicyclic) bond motifs is 1. The first kappa shape index (κ1) is 33.6. The molecule has 2 aliphatic heterocycles. The number of amides is 1. The van der Waals surface area contributed by atoms with Crippen LogP contribution in [0.25, 0.3) is 6.08 Å². The number of carbonyl (C=O) groups excluding carboxylic acids is 1. The fourth-order valence-corrected chi connectivity index (χ4v) is 5.93. The molecule has 244 valence electrons. The second kappa shape index (κ2) is 14.3. The Morgan fingerprint density at radius 2 is 1.73 bits per heavy atom. The van der Waals surface area contributed by atoms with Gasteiger partial charge in [-0.1, -0.05) is 29.3 Å². The van der Waals surface area contributed by atoms with Crippen LogP contribution >= 0.6 is 23.2 Å². The van der Waals surface area contributed by atoms with Crippen LogP contribution in [0.5, 0.6) is 11.5 Å².